The number of fused-ring (bicyclic) bond motifs is 1. The Labute approximate surface area is 821 Å². The van der Waals surface area contributed by atoms with Crippen LogP contribution in [0.4, 0.5) is 0 Å². The molecule has 28 nitrogen and oxygen atoms in total. The van der Waals surface area contributed by atoms with Gasteiger partial charge in [-0.2, -0.15) is 0 Å². The average Bonchev–Trinajstić information content (AvgIpc) is 1.48. The molecule has 16 rings (SSSR count). The van der Waals surface area contributed by atoms with Gasteiger partial charge in [-0.3, -0.25) is 38.4 Å². The molecule has 0 aromatic rings. The van der Waals surface area contributed by atoms with Crippen molar-refractivity contribution in [2.45, 2.75) is 483 Å². The summed E-state index contributed by atoms with van der Waals surface area (Å²) >= 11 is 0. The number of carbonyl (C=O) groups is 8. The van der Waals surface area contributed by atoms with Gasteiger partial charge in [0, 0.05) is 61.5 Å². The topological polar surface area (TPSA) is 321 Å². The molecule has 135 heavy (non-hydrogen) atoms. The Morgan fingerprint density at radius 3 is 1.15 bits per heavy atom. The smallest absolute Gasteiger partial charge is 0.465 e. The van der Waals surface area contributed by atoms with E-state index < -0.39 is 81.3 Å². The third-order valence-corrected chi connectivity index (χ3v) is 71.5. The van der Waals surface area contributed by atoms with Crippen LogP contribution in [0.15, 0.2) is 0 Å². The van der Waals surface area contributed by atoms with E-state index in [9.17, 15) is 38.4 Å². The van der Waals surface area contributed by atoms with E-state index in [-0.39, 0.29) is 187 Å². The number of carbonyl (C=O) groups excluding carboxylic acids is 8. The number of hydrogen-bond acceptors (Lipinski definition) is 28. The van der Waals surface area contributed by atoms with Crippen LogP contribution in [-0.2, 0) is 126 Å². The molecular weight excluding hydrogens is 1860 g/mol. The summed E-state index contributed by atoms with van der Waals surface area (Å²) in [6, 6.07) is 0.0745. The van der Waals surface area contributed by atoms with Gasteiger partial charge < -0.3 is 87.3 Å². The number of cyclic esters (lactones) is 1. The van der Waals surface area contributed by atoms with Gasteiger partial charge in [0.15, 0.2) is 0 Å². The highest BCUT2D eigenvalue weighted by atomic mass is 28.6. The largest absolute Gasteiger partial charge is 0.482 e. The summed E-state index contributed by atoms with van der Waals surface area (Å²) < 4.78 is 135. The van der Waals surface area contributed by atoms with Gasteiger partial charge in [-0.05, 0) is 220 Å². The maximum atomic E-state index is 13.3. The summed E-state index contributed by atoms with van der Waals surface area (Å²) in [5.41, 5.74) is -4.00. The van der Waals surface area contributed by atoms with Crippen LogP contribution in [0.1, 0.15) is 403 Å². The van der Waals surface area contributed by atoms with Gasteiger partial charge in [0.2, 0.25) is 0 Å². The van der Waals surface area contributed by atoms with E-state index >= 15 is 0 Å². The highest BCUT2D eigenvalue weighted by Gasteiger charge is 2.86. The first-order valence-electron chi connectivity index (χ1n) is 52.5. The molecule has 0 aromatic carbocycles. The van der Waals surface area contributed by atoms with Crippen molar-refractivity contribution in [2.75, 3.05) is 13.2 Å². The van der Waals surface area contributed by atoms with Crippen LogP contribution in [0.5, 0.6) is 0 Å². The van der Waals surface area contributed by atoms with Crippen molar-refractivity contribution in [2.24, 2.45) is 86.3 Å². The zero-order valence-corrected chi connectivity index (χ0v) is 98.1. The Hall–Kier alpha value is -2.98. The Bertz CT molecular complexity index is 3860. The fourth-order valence-corrected chi connectivity index (χ4v) is 75.0. The molecule has 8 saturated heterocycles. The monoisotopic (exact) mass is 2040 g/mol. The van der Waals surface area contributed by atoms with Gasteiger partial charge in [0.25, 0.3) is 0 Å². The molecule has 10 unspecified atom stereocenters. The molecule has 10 atom stereocenters. The molecule has 0 N–H and O–H groups in total. The lowest BCUT2D eigenvalue weighted by molar-refractivity contribution is -0.208. The zero-order chi connectivity index (χ0) is 101. The molecule has 36 heteroatoms. The van der Waals surface area contributed by atoms with Crippen LogP contribution in [0.3, 0.4) is 0 Å². The average molecular weight is 2050 g/mol. The van der Waals surface area contributed by atoms with E-state index in [1.165, 1.54) is 64.2 Å². The van der Waals surface area contributed by atoms with E-state index in [1.54, 1.807) is 0 Å². The summed E-state index contributed by atoms with van der Waals surface area (Å²) in [5, 5.41) is 0. The van der Waals surface area contributed by atoms with Gasteiger partial charge in [-0.25, -0.2) is 0 Å². The first kappa shape index (κ1) is 116. The molecule has 0 spiro atoms. The molecule has 8 saturated carbocycles. The van der Waals surface area contributed by atoms with Crippen LogP contribution in [-0.4, -0.2) is 167 Å². The lowest BCUT2D eigenvalue weighted by atomic mass is 9.45. The second kappa shape index (κ2) is 44.1. The van der Waals surface area contributed by atoms with E-state index in [4.69, 9.17) is 87.3 Å². The lowest BCUT2D eigenvalue weighted by Gasteiger charge is -2.66. The minimum Gasteiger partial charge on any atom is -0.465 e. The van der Waals surface area contributed by atoms with Gasteiger partial charge in [0.1, 0.15) is 41.7 Å². The third kappa shape index (κ3) is 24.4. The van der Waals surface area contributed by atoms with Crippen LogP contribution < -0.4 is 0 Å². The maximum absolute atomic E-state index is 13.3. The maximum Gasteiger partial charge on any atom is 0.482 e. The van der Waals surface area contributed by atoms with Crippen molar-refractivity contribution < 1.29 is 126 Å². The van der Waals surface area contributed by atoms with Crippen molar-refractivity contribution >= 4 is 118 Å². The fourth-order valence-electron chi connectivity index (χ4n) is 21.1. The molecule has 8 heterocycles. The van der Waals surface area contributed by atoms with E-state index in [2.05, 4.69) is 55.4 Å². The van der Waals surface area contributed by atoms with Crippen molar-refractivity contribution in [1.29, 1.82) is 0 Å². The minimum atomic E-state index is -4.17. The first-order chi connectivity index (χ1) is 62.4. The molecule has 0 radical (unpaired) electrons. The van der Waals surface area contributed by atoms with E-state index in [0.29, 0.717) is 30.6 Å². The highest BCUT2D eigenvalue weighted by Crippen LogP contribution is 2.66. The standard InChI is InChI=1S/C29H64O14Si8.C19H32O2.C15H28O2.C13H18O4.C13H24O2.C10H16O4/c1-18-29(16,17)28(30)31-19-20-44-32-45(21(2)3)35-48(24(8)9)37-46(33-44,22(4)5)39-50(26(12)13)40-47(34-44,23(6)7)38-49(36-45,25(10)11)42-51(41-48,43-50)27(14)15;1-5-13(3)17(20)21-18(4,6-2)19-10-14-7-15(11-19)9-16(8-14)12-19;1-7-14(5,6)12(16)17-15(13(2,3)4)10-8-9-11-15;1-3-6(2)12(14)16-10-7-4-8-9(5-7)13(15)17-11(8)10;1-5-11(4)12(14)15-13(10(2)3)8-6-7-9-13;1-4-10(2,3)9(12)14-7-5-8(11)13-6-7/h21-27H,18-20H2,1-17H3;13-16H,5-12H2,1-4H3;7-11H2,1-6H3;6-11H,3-5H2,1-2H3;10-11H,5-9H2,1-4H3;7H,4-6H2,1-3H3. The molecular formula is C99H182O28Si8. The van der Waals surface area contributed by atoms with Crippen LogP contribution >= 0.6 is 0 Å². The summed E-state index contributed by atoms with van der Waals surface area (Å²) in [7, 11) is -32.1. The third-order valence-electron chi connectivity index (χ3n) is 33.2. The van der Waals surface area contributed by atoms with Crippen LogP contribution in [0, 0.1) is 86.3 Å². The number of ether oxygens (including phenoxy) is 8. The SMILES string of the molecule is CCC(C)(C)C(=O)OC1(C(C)(C)C)CCCC1.CCC(C)(C)C(=O)OC1COC(=O)C1.CCC(C)(C)C(=O)OCC[Si]12O[Si]3(C(C)C)O[Si]4(C(C)C)O[Si](C(C)C)(O1)O[Si]1(C(C)C)O[Si](C(C)C)(O2)O[Si](C(C)C)(O3)O[Si](C(C)C)(O4)O1.CCC(C)C(=O)OC(C)(CC)C12CC3CC(CC(C3)C1)C2.CCC(C)C(=O)OC1(C(C)C)CCCC1.CCC(C)C(=O)OC1C2CC3C(=O)OC1C3C2. The Kier molecular flexibility index (Phi) is 37.8. The highest BCUT2D eigenvalue weighted by molar-refractivity contribution is 7.04. The first-order valence-corrected chi connectivity index (χ1v) is 67.0. The number of esters is 8. The van der Waals surface area contributed by atoms with Crippen molar-refractivity contribution in [3.63, 3.8) is 0 Å². The number of rotatable bonds is 30. The number of hydrogen-bond donors (Lipinski definition) is 0. The van der Waals surface area contributed by atoms with Gasteiger partial charge >= 0.3 is 118 Å². The Morgan fingerprint density at radius 2 is 0.793 bits per heavy atom. The second-order valence-electron chi connectivity index (χ2n) is 47.9. The molecule has 14 bridgehead atoms. The fraction of sp³-hybridized carbons (Fsp3) is 0.919. The molecule has 8 aliphatic heterocycles. The van der Waals surface area contributed by atoms with Gasteiger partial charge in [-0.15, -0.1) is 0 Å². The minimum absolute atomic E-state index is 0.00639. The lowest BCUT2D eigenvalue weighted by Crippen LogP contribution is -2.90. The van der Waals surface area contributed by atoms with Crippen molar-refractivity contribution in [3.05, 3.63) is 0 Å². The summed E-state index contributed by atoms with van der Waals surface area (Å²) in [6.07, 6.45) is 24.1. The van der Waals surface area contributed by atoms with Gasteiger partial charge in [0.05, 0.1) is 59.0 Å². The molecule has 0 aromatic heterocycles. The predicted molar refractivity (Wildman–Crippen MR) is 530 cm³/mol. The molecule has 16 aliphatic rings. The van der Waals surface area contributed by atoms with Crippen LogP contribution in [0.25, 0.3) is 0 Å². The van der Waals surface area contributed by atoms with E-state index in [1.807, 2.05) is 194 Å². The van der Waals surface area contributed by atoms with Crippen molar-refractivity contribution in [1.82, 2.24) is 0 Å². The summed E-state index contributed by atoms with van der Waals surface area (Å²) in [4.78, 5) is 95.5. The zero-order valence-electron chi connectivity index (χ0n) is 90.1. The summed E-state index contributed by atoms with van der Waals surface area (Å²) in [5.74, 6) is 2.79. The summed E-state index contributed by atoms with van der Waals surface area (Å²) in [6.45, 7) is 72.9. The normalized spacial score (nSPS) is 35.3. The Balaban J connectivity index is 0.000000201. The Morgan fingerprint density at radius 1 is 0.422 bits per heavy atom. The van der Waals surface area contributed by atoms with E-state index in [0.717, 1.165) is 88.4 Å². The quantitative estimate of drug-likeness (QED) is 0.0366. The molecule has 0 amide bonds. The van der Waals surface area contributed by atoms with Crippen LogP contribution in [0.2, 0.25) is 44.8 Å². The van der Waals surface area contributed by atoms with Crippen molar-refractivity contribution in [3.8, 4) is 0 Å². The molecule has 16 fully saturated rings. The predicted octanol–water partition coefficient (Wildman–Crippen LogP) is 23.3. The molecule has 8 aliphatic carbocycles. The van der Waals surface area contributed by atoms with Gasteiger partial charge in [-0.1, -0.05) is 201 Å². The second-order valence-corrected chi connectivity index (χ2v) is 76.0. The molecule has 778 valence electrons.